The number of rotatable bonds is 4. The van der Waals surface area contributed by atoms with Crippen LogP contribution >= 0.6 is 0 Å². The van der Waals surface area contributed by atoms with Gasteiger partial charge in [-0.1, -0.05) is 19.3 Å². The molecule has 4 nitrogen and oxygen atoms in total. The zero-order valence-electron chi connectivity index (χ0n) is 12.6. The van der Waals surface area contributed by atoms with Crippen LogP contribution in [0.1, 0.15) is 38.5 Å². The summed E-state index contributed by atoms with van der Waals surface area (Å²) in [6, 6.07) is 6.01. The highest BCUT2D eigenvalue weighted by Crippen LogP contribution is 2.37. The molecule has 3 rings (SSSR count). The Morgan fingerprint density at radius 3 is 2.52 bits per heavy atom. The summed E-state index contributed by atoms with van der Waals surface area (Å²) >= 11 is 0. The van der Waals surface area contributed by atoms with Gasteiger partial charge in [-0.3, -0.25) is 0 Å². The maximum Gasteiger partial charge on any atom is 0.163 e. The Morgan fingerprint density at radius 1 is 1.00 bits per heavy atom. The zero-order chi connectivity index (χ0) is 14.5. The van der Waals surface area contributed by atoms with Crippen molar-refractivity contribution < 1.29 is 14.6 Å². The highest BCUT2D eigenvalue weighted by Gasteiger charge is 2.31. The maximum absolute atomic E-state index is 9.76. The van der Waals surface area contributed by atoms with Crippen molar-refractivity contribution in [2.24, 2.45) is 5.41 Å². The van der Waals surface area contributed by atoms with Crippen LogP contribution in [0, 0.1) is 5.41 Å². The molecule has 1 aliphatic carbocycles. The second-order valence-electron chi connectivity index (χ2n) is 6.28. The third-order valence-corrected chi connectivity index (χ3v) is 4.66. The van der Waals surface area contributed by atoms with Crippen LogP contribution in [0.5, 0.6) is 11.5 Å². The van der Waals surface area contributed by atoms with Crippen molar-refractivity contribution in [2.75, 3.05) is 31.7 Å². The van der Waals surface area contributed by atoms with Crippen molar-refractivity contribution in [3.05, 3.63) is 18.2 Å². The Kier molecular flexibility index (Phi) is 4.54. The van der Waals surface area contributed by atoms with Crippen LogP contribution in [0.2, 0.25) is 0 Å². The first-order chi connectivity index (χ1) is 10.3. The van der Waals surface area contributed by atoms with Gasteiger partial charge in [-0.2, -0.15) is 0 Å². The Bertz CT molecular complexity index is 469. The second kappa shape index (κ2) is 6.56. The van der Waals surface area contributed by atoms with E-state index in [4.69, 9.17) is 9.47 Å². The first-order valence-electron chi connectivity index (χ1n) is 8.06. The van der Waals surface area contributed by atoms with Crippen LogP contribution < -0.4 is 14.8 Å². The highest BCUT2D eigenvalue weighted by molar-refractivity contribution is 5.55. The second-order valence-corrected chi connectivity index (χ2v) is 6.28. The van der Waals surface area contributed by atoms with Crippen LogP contribution in [-0.4, -0.2) is 31.5 Å². The van der Waals surface area contributed by atoms with E-state index in [9.17, 15) is 5.11 Å². The molecule has 0 aromatic heterocycles. The number of nitrogens with one attached hydrogen (secondary N) is 1. The van der Waals surface area contributed by atoms with Crippen molar-refractivity contribution in [3.63, 3.8) is 0 Å². The van der Waals surface area contributed by atoms with E-state index in [2.05, 4.69) is 5.32 Å². The standard InChI is InChI=1S/C17H25NO3/c19-13-17(7-2-1-3-8-17)12-18-14-5-6-15-16(11-14)21-10-4-9-20-15/h5-6,11,18-19H,1-4,7-10,12-13H2. The number of hydrogen-bond donors (Lipinski definition) is 2. The van der Waals surface area contributed by atoms with Gasteiger partial charge in [0.1, 0.15) is 0 Å². The van der Waals surface area contributed by atoms with E-state index in [1.807, 2.05) is 18.2 Å². The summed E-state index contributed by atoms with van der Waals surface area (Å²) in [4.78, 5) is 0. The molecule has 1 saturated carbocycles. The summed E-state index contributed by atoms with van der Waals surface area (Å²) < 4.78 is 11.4. The average molecular weight is 291 g/mol. The van der Waals surface area contributed by atoms with Gasteiger partial charge in [-0.05, 0) is 25.0 Å². The molecule has 21 heavy (non-hydrogen) atoms. The number of aliphatic hydroxyl groups is 1. The van der Waals surface area contributed by atoms with Gasteiger partial charge in [0.2, 0.25) is 0 Å². The molecule has 1 aromatic rings. The quantitative estimate of drug-likeness (QED) is 0.894. The van der Waals surface area contributed by atoms with Crippen LogP contribution in [0.4, 0.5) is 5.69 Å². The molecule has 0 radical (unpaired) electrons. The number of benzene rings is 1. The summed E-state index contributed by atoms with van der Waals surface area (Å²) in [7, 11) is 0. The molecule has 0 unspecified atom stereocenters. The lowest BCUT2D eigenvalue weighted by molar-refractivity contribution is 0.0944. The molecule has 116 valence electrons. The predicted octanol–water partition coefficient (Wildman–Crippen LogP) is 3.20. The van der Waals surface area contributed by atoms with Crippen LogP contribution in [0.15, 0.2) is 18.2 Å². The van der Waals surface area contributed by atoms with Crippen molar-refractivity contribution in [1.82, 2.24) is 0 Å². The molecule has 2 aliphatic rings. The van der Waals surface area contributed by atoms with E-state index in [1.165, 1.54) is 19.3 Å². The third kappa shape index (κ3) is 3.43. The third-order valence-electron chi connectivity index (χ3n) is 4.66. The van der Waals surface area contributed by atoms with Crippen molar-refractivity contribution in [2.45, 2.75) is 38.5 Å². The molecule has 0 spiro atoms. The molecule has 0 bridgehead atoms. The predicted molar refractivity (Wildman–Crippen MR) is 83.1 cm³/mol. The fourth-order valence-corrected chi connectivity index (χ4v) is 3.26. The minimum atomic E-state index is 0.0440. The number of ether oxygens (including phenoxy) is 2. The molecule has 1 fully saturated rings. The van der Waals surface area contributed by atoms with Gasteiger partial charge in [0.15, 0.2) is 11.5 Å². The van der Waals surface area contributed by atoms with E-state index in [0.29, 0.717) is 13.2 Å². The van der Waals surface area contributed by atoms with E-state index in [0.717, 1.165) is 43.0 Å². The fraction of sp³-hybridized carbons (Fsp3) is 0.647. The first kappa shape index (κ1) is 14.5. The van der Waals surface area contributed by atoms with E-state index >= 15 is 0 Å². The van der Waals surface area contributed by atoms with E-state index in [1.54, 1.807) is 0 Å². The molecule has 0 saturated heterocycles. The molecule has 0 amide bonds. The first-order valence-corrected chi connectivity index (χ1v) is 8.06. The lowest BCUT2D eigenvalue weighted by Crippen LogP contribution is -2.35. The molecule has 4 heteroatoms. The molecule has 0 atom stereocenters. The Labute approximate surface area is 126 Å². The van der Waals surface area contributed by atoms with Crippen LogP contribution in [0.25, 0.3) is 0 Å². The highest BCUT2D eigenvalue weighted by atomic mass is 16.5. The number of fused-ring (bicyclic) bond motifs is 1. The summed E-state index contributed by atoms with van der Waals surface area (Å²) in [5, 5.41) is 13.2. The Balaban J connectivity index is 1.66. The van der Waals surface area contributed by atoms with Gasteiger partial charge >= 0.3 is 0 Å². The van der Waals surface area contributed by atoms with Gasteiger partial charge in [-0.15, -0.1) is 0 Å². The molecule has 1 aliphatic heterocycles. The summed E-state index contributed by atoms with van der Waals surface area (Å²) in [6.45, 7) is 2.51. The average Bonchev–Trinajstić information content (AvgIpc) is 2.78. The molecule has 2 N–H and O–H groups in total. The van der Waals surface area contributed by atoms with E-state index < -0.39 is 0 Å². The number of anilines is 1. The van der Waals surface area contributed by atoms with Crippen molar-refractivity contribution in [3.8, 4) is 11.5 Å². The number of hydrogen-bond acceptors (Lipinski definition) is 4. The molecular weight excluding hydrogens is 266 g/mol. The summed E-state index contributed by atoms with van der Waals surface area (Å²) in [5.41, 5.74) is 1.08. The SMILES string of the molecule is OCC1(CNc2ccc3c(c2)OCCCO3)CCCCC1. The van der Waals surface area contributed by atoms with Gasteiger partial charge in [0.25, 0.3) is 0 Å². The van der Waals surface area contributed by atoms with E-state index in [-0.39, 0.29) is 12.0 Å². The van der Waals surface area contributed by atoms with Crippen molar-refractivity contribution in [1.29, 1.82) is 0 Å². The Morgan fingerprint density at radius 2 is 1.76 bits per heavy atom. The molecular formula is C17H25NO3. The lowest BCUT2D eigenvalue weighted by Gasteiger charge is -2.36. The topological polar surface area (TPSA) is 50.7 Å². The smallest absolute Gasteiger partial charge is 0.163 e. The minimum absolute atomic E-state index is 0.0440. The molecule has 1 heterocycles. The normalized spacial score (nSPS) is 20.6. The zero-order valence-corrected chi connectivity index (χ0v) is 12.6. The van der Waals surface area contributed by atoms with Gasteiger partial charge < -0.3 is 19.9 Å². The summed E-state index contributed by atoms with van der Waals surface area (Å²) in [5.74, 6) is 1.65. The fourth-order valence-electron chi connectivity index (χ4n) is 3.26. The van der Waals surface area contributed by atoms with Gasteiger partial charge in [0, 0.05) is 30.1 Å². The maximum atomic E-state index is 9.76. The minimum Gasteiger partial charge on any atom is -0.490 e. The summed E-state index contributed by atoms with van der Waals surface area (Å²) in [6.07, 6.45) is 6.89. The van der Waals surface area contributed by atoms with Crippen LogP contribution in [-0.2, 0) is 0 Å². The van der Waals surface area contributed by atoms with Crippen molar-refractivity contribution >= 4 is 5.69 Å². The largest absolute Gasteiger partial charge is 0.490 e. The van der Waals surface area contributed by atoms with Gasteiger partial charge in [-0.25, -0.2) is 0 Å². The van der Waals surface area contributed by atoms with Gasteiger partial charge in [0.05, 0.1) is 19.8 Å². The lowest BCUT2D eigenvalue weighted by atomic mass is 9.74. The molecule has 1 aromatic carbocycles. The van der Waals surface area contributed by atoms with Crippen LogP contribution in [0.3, 0.4) is 0 Å². The monoisotopic (exact) mass is 291 g/mol. The Hall–Kier alpha value is -1.42. The number of aliphatic hydroxyl groups excluding tert-OH is 1.